The summed E-state index contributed by atoms with van der Waals surface area (Å²) in [5, 5.41) is 1.63. The van der Waals surface area contributed by atoms with Crippen molar-refractivity contribution in [2.75, 3.05) is 7.11 Å². The molecule has 2 N–H and O–H groups in total. The van der Waals surface area contributed by atoms with Crippen LogP contribution in [0.4, 0.5) is 13.2 Å². The van der Waals surface area contributed by atoms with E-state index in [4.69, 9.17) is 0 Å². The van der Waals surface area contributed by atoms with Crippen LogP contribution in [0.15, 0.2) is 30.5 Å². The van der Waals surface area contributed by atoms with Crippen molar-refractivity contribution in [3.8, 4) is 11.4 Å². The number of nitrogens with one attached hydrogen (secondary N) is 2. The molecule has 6 nitrogen and oxygen atoms in total. The number of carbonyl (C=O) groups is 2. The quantitative estimate of drug-likeness (QED) is 0.805. The van der Waals surface area contributed by atoms with Gasteiger partial charge in [-0.3, -0.25) is 4.79 Å². The van der Waals surface area contributed by atoms with Crippen molar-refractivity contribution < 1.29 is 27.5 Å². The van der Waals surface area contributed by atoms with E-state index >= 15 is 0 Å². The molecule has 0 bridgehead atoms. The third-order valence-electron chi connectivity index (χ3n) is 3.39. The summed E-state index contributed by atoms with van der Waals surface area (Å²) >= 11 is 0. The van der Waals surface area contributed by atoms with Gasteiger partial charge >= 0.3 is 18.1 Å². The fourth-order valence-electron chi connectivity index (χ4n) is 2.20. The molecular formula is C16H16F3N3O3. The van der Waals surface area contributed by atoms with Gasteiger partial charge in [0.25, 0.3) is 0 Å². The topological polar surface area (TPSA) is 84.1 Å². The number of benzene rings is 1. The number of aromatic nitrogens is 2. The zero-order valence-corrected chi connectivity index (χ0v) is 13.5. The van der Waals surface area contributed by atoms with E-state index in [0.29, 0.717) is 11.5 Å². The minimum Gasteiger partial charge on any atom is -0.467 e. The number of H-pyrrole nitrogens is 1. The van der Waals surface area contributed by atoms with Crippen LogP contribution in [0.3, 0.4) is 0 Å². The summed E-state index contributed by atoms with van der Waals surface area (Å²) < 4.78 is 41.6. The highest BCUT2D eigenvalue weighted by molar-refractivity contribution is 5.87. The lowest BCUT2D eigenvalue weighted by atomic mass is 10.1. The molecule has 1 atom stereocenters. The number of aryl methyl sites for hydroxylation is 1. The molecule has 1 aromatic carbocycles. The van der Waals surface area contributed by atoms with Gasteiger partial charge in [-0.1, -0.05) is 23.8 Å². The van der Waals surface area contributed by atoms with Crippen molar-refractivity contribution >= 4 is 11.9 Å². The first-order valence-electron chi connectivity index (χ1n) is 7.27. The highest BCUT2D eigenvalue weighted by Crippen LogP contribution is 2.18. The van der Waals surface area contributed by atoms with Crippen LogP contribution >= 0.6 is 0 Å². The summed E-state index contributed by atoms with van der Waals surface area (Å²) in [7, 11) is 1.03. The van der Waals surface area contributed by atoms with Crippen LogP contribution in [0.2, 0.25) is 0 Å². The first-order chi connectivity index (χ1) is 11.7. The molecule has 0 aliphatic carbocycles. The Balaban J connectivity index is 2.17. The summed E-state index contributed by atoms with van der Waals surface area (Å²) in [6, 6.07) is 5.97. The average molecular weight is 355 g/mol. The number of halogens is 3. The van der Waals surface area contributed by atoms with E-state index in [0.717, 1.165) is 18.2 Å². The zero-order chi connectivity index (χ0) is 18.6. The molecule has 2 rings (SSSR count). The van der Waals surface area contributed by atoms with Crippen LogP contribution in [0.25, 0.3) is 11.4 Å². The van der Waals surface area contributed by atoms with E-state index in [1.165, 1.54) is 6.20 Å². The molecule has 134 valence electrons. The molecule has 1 aromatic heterocycles. The van der Waals surface area contributed by atoms with Gasteiger partial charge in [-0.15, -0.1) is 0 Å². The second kappa shape index (κ2) is 7.37. The molecule has 0 aliphatic rings. The molecule has 9 heteroatoms. The maximum absolute atomic E-state index is 12.4. The standard InChI is InChI=1S/C16H16F3N3O3/c1-9-4-3-5-10(6-9)13-20-8-11(21-13)7-12(14(23)25-2)22-15(24)16(17,18)19/h3-6,8,12H,7H2,1-2H3,(H,20,21)(H,22,24)/t12-/m0/s1. The first kappa shape index (κ1) is 18.5. The largest absolute Gasteiger partial charge is 0.471 e. The summed E-state index contributed by atoms with van der Waals surface area (Å²) in [4.78, 5) is 29.8. The van der Waals surface area contributed by atoms with Crippen LogP contribution in [-0.2, 0) is 20.7 Å². The first-order valence-corrected chi connectivity index (χ1v) is 7.27. The minimum absolute atomic E-state index is 0.215. The summed E-state index contributed by atoms with van der Waals surface area (Å²) in [5.74, 6) is -2.69. The number of esters is 1. The van der Waals surface area contributed by atoms with Crippen molar-refractivity contribution in [3.05, 3.63) is 41.7 Å². The summed E-state index contributed by atoms with van der Waals surface area (Å²) in [5.41, 5.74) is 2.19. The lowest BCUT2D eigenvalue weighted by molar-refractivity contribution is -0.175. The van der Waals surface area contributed by atoms with Gasteiger partial charge in [-0.25, -0.2) is 9.78 Å². The predicted octanol–water partition coefficient (Wildman–Crippen LogP) is 2.15. The molecule has 1 amide bonds. The zero-order valence-electron chi connectivity index (χ0n) is 13.5. The van der Waals surface area contributed by atoms with Gasteiger partial charge in [-0.2, -0.15) is 13.2 Å². The molecule has 0 fully saturated rings. The number of nitrogens with zero attached hydrogens (tertiary/aromatic N) is 1. The van der Waals surface area contributed by atoms with Gasteiger partial charge in [0, 0.05) is 23.9 Å². The fourth-order valence-corrected chi connectivity index (χ4v) is 2.20. The van der Waals surface area contributed by atoms with Gasteiger partial charge in [0.1, 0.15) is 11.9 Å². The minimum atomic E-state index is -5.09. The summed E-state index contributed by atoms with van der Waals surface area (Å²) in [6.45, 7) is 1.91. The Morgan fingerprint density at radius 2 is 2.08 bits per heavy atom. The molecule has 0 saturated heterocycles. The number of aromatic amines is 1. The van der Waals surface area contributed by atoms with Crippen molar-refractivity contribution in [2.24, 2.45) is 0 Å². The molecule has 0 unspecified atom stereocenters. The highest BCUT2D eigenvalue weighted by Gasteiger charge is 2.41. The highest BCUT2D eigenvalue weighted by atomic mass is 19.4. The third-order valence-corrected chi connectivity index (χ3v) is 3.39. The van der Waals surface area contributed by atoms with E-state index in [9.17, 15) is 22.8 Å². The van der Waals surface area contributed by atoms with E-state index in [-0.39, 0.29) is 6.42 Å². The average Bonchev–Trinajstić information content (AvgIpc) is 3.01. The number of rotatable bonds is 5. The monoisotopic (exact) mass is 355 g/mol. The maximum atomic E-state index is 12.4. The molecule has 0 aliphatic heterocycles. The molecule has 0 saturated carbocycles. The van der Waals surface area contributed by atoms with Crippen LogP contribution in [0, 0.1) is 6.92 Å². The van der Waals surface area contributed by atoms with Crippen molar-refractivity contribution in [2.45, 2.75) is 25.6 Å². The molecule has 2 aromatic rings. The van der Waals surface area contributed by atoms with Crippen molar-refractivity contribution in [3.63, 3.8) is 0 Å². The maximum Gasteiger partial charge on any atom is 0.471 e. The number of hydrogen-bond donors (Lipinski definition) is 2. The van der Waals surface area contributed by atoms with E-state index in [2.05, 4.69) is 14.7 Å². The summed E-state index contributed by atoms with van der Waals surface area (Å²) in [6.07, 6.45) is -3.91. The second-order valence-electron chi connectivity index (χ2n) is 5.38. The van der Waals surface area contributed by atoms with Gasteiger partial charge in [0.2, 0.25) is 0 Å². The Morgan fingerprint density at radius 1 is 1.36 bits per heavy atom. The lowest BCUT2D eigenvalue weighted by Gasteiger charge is -2.16. The SMILES string of the molecule is COC(=O)[C@H](Cc1cnc(-c2cccc(C)c2)[nH]1)NC(=O)C(F)(F)F. The van der Waals surface area contributed by atoms with Crippen molar-refractivity contribution in [1.29, 1.82) is 0 Å². The Morgan fingerprint density at radius 3 is 2.68 bits per heavy atom. The lowest BCUT2D eigenvalue weighted by Crippen LogP contribution is -2.48. The Hall–Kier alpha value is -2.84. The number of amides is 1. The number of ether oxygens (including phenoxy) is 1. The smallest absolute Gasteiger partial charge is 0.467 e. The van der Waals surface area contributed by atoms with Crippen LogP contribution in [-0.4, -0.2) is 41.2 Å². The fraction of sp³-hybridized carbons (Fsp3) is 0.312. The molecule has 0 spiro atoms. The number of imidazole rings is 1. The normalized spacial score (nSPS) is 12.5. The Bertz CT molecular complexity index is 771. The van der Waals surface area contributed by atoms with E-state index < -0.39 is 24.1 Å². The molecule has 25 heavy (non-hydrogen) atoms. The number of alkyl halides is 3. The Kier molecular flexibility index (Phi) is 5.45. The second-order valence-corrected chi connectivity index (χ2v) is 5.38. The van der Waals surface area contributed by atoms with Crippen LogP contribution in [0.5, 0.6) is 0 Å². The van der Waals surface area contributed by atoms with Gasteiger partial charge in [0.05, 0.1) is 7.11 Å². The molecular weight excluding hydrogens is 339 g/mol. The van der Waals surface area contributed by atoms with Crippen molar-refractivity contribution in [1.82, 2.24) is 15.3 Å². The third kappa shape index (κ3) is 4.82. The molecule has 1 heterocycles. The number of methoxy groups -OCH3 is 1. The van der Waals surface area contributed by atoms with Gasteiger partial charge in [0.15, 0.2) is 0 Å². The van der Waals surface area contributed by atoms with Crippen LogP contribution in [0.1, 0.15) is 11.3 Å². The molecule has 0 radical (unpaired) electrons. The van der Waals surface area contributed by atoms with Gasteiger partial charge in [-0.05, 0) is 13.0 Å². The number of hydrogen-bond acceptors (Lipinski definition) is 4. The van der Waals surface area contributed by atoms with E-state index in [1.807, 2.05) is 31.2 Å². The van der Waals surface area contributed by atoms with Crippen LogP contribution < -0.4 is 5.32 Å². The predicted molar refractivity (Wildman–Crippen MR) is 82.5 cm³/mol. The Labute approximate surface area is 141 Å². The number of carbonyl (C=O) groups excluding carboxylic acids is 2. The van der Waals surface area contributed by atoms with E-state index in [1.54, 1.807) is 5.32 Å². The van der Waals surface area contributed by atoms with Gasteiger partial charge < -0.3 is 15.0 Å².